The van der Waals surface area contributed by atoms with Crippen LogP contribution in [0.2, 0.25) is 0 Å². The minimum Gasteiger partial charge on any atom is -0.352 e. The van der Waals surface area contributed by atoms with Gasteiger partial charge in [0.15, 0.2) is 0 Å². The summed E-state index contributed by atoms with van der Waals surface area (Å²) in [6, 6.07) is 9.15. The average molecular weight is 413 g/mol. The molecule has 0 aliphatic carbocycles. The molecule has 0 aliphatic rings. The SMILES string of the molecule is CCC(C)C(=O)Nc1cccc(CNC(=O)CCn2cnc3sccc3c2=O)c1. The lowest BCUT2D eigenvalue weighted by Gasteiger charge is -2.11. The van der Waals surface area contributed by atoms with Gasteiger partial charge in [0, 0.05) is 31.1 Å². The zero-order chi connectivity index (χ0) is 20.8. The van der Waals surface area contributed by atoms with E-state index >= 15 is 0 Å². The van der Waals surface area contributed by atoms with Crippen LogP contribution in [0.4, 0.5) is 5.69 Å². The third-order valence-electron chi connectivity index (χ3n) is 4.77. The van der Waals surface area contributed by atoms with E-state index in [4.69, 9.17) is 0 Å². The molecule has 2 heterocycles. The molecule has 152 valence electrons. The van der Waals surface area contributed by atoms with Gasteiger partial charge in [-0.25, -0.2) is 4.98 Å². The Morgan fingerprint density at radius 1 is 1.28 bits per heavy atom. The Labute approximate surface area is 172 Å². The van der Waals surface area contributed by atoms with Gasteiger partial charge in [0.1, 0.15) is 4.83 Å². The number of thiophene rings is 1. The van der Waals surface area contributed by atoms with Crippen molar-refractivity contribution in [2.75, 3.05) is 5.32 Å². The second-order valence-corrected chi connectivity index (χ2v) is 7.80. The molecule has 0 fully saturated rings. The number of nitrogens with zero attached hydrogens (tertiary/aromatic N) is 2. The fourth-order valence-electron chi connectivity index (χ4n) is 2.77. The van der Waals surface area contributed by atoms with Crippen LogP contribution in [-0.4, -0.2) is 21.4 Å². The van der Waals surface area contributed by atoms with E-state index in [-0.39, 0.29) is 36.3 Å². The molecule has 2 N–H and O–H groups in total. The Kier molecular flexibility index (Phi) is 6.77. The Morgan fingerprint density at radius 2 is 2.10 bits per heavy atom. The molecule has 0 radical (unpaired) electrons. The molecule has 3 rings (SSSR count). The van der Waals surface area contributed by atoms with Gasteiger partial charge in [-0.1, -0.05) is 26.0 Å². The summed E-state index contributed by atoms with van der Waals surface area (Å²) in [5, 5.41) is 8.15. The lowest BCUT2D eigenvalue weighted by atomic mass is 10.1. The van der Waals surface area contributed by atoms with Gasteiger partial charge in [-0.2, -0.15) is 0 Å². The first-order chi connectivity index (χ1) is 14.0. The Morgan fingerprint density at radius 3 is 2.90 bits per heavy atom. The molecule has 1 unspecified atom stereocenters. The van der Waals surface area contributed by atoms with Crippen LogP contribution in [0.1, 0.15) is 32.3 Å². The molecule has 29 heavy (non-hydrogen) atoms. The predicted octanol–water partition coefficient (Wildman–Crippen LogP) is 3.15. The first-order valence-corrected chi connectivity index (χ1v) is 10.4. The van der Waals surface area contributed by atoms with E-state index in [1.54, 1.807) is 6.07 Å². The summed E-state index contributed by atoms with van der Waals surface area (Å²) in [6.45, 7) is 4.48. The van der Waals surface area contributed by atoms with Gasteiger partial charge in [-0.3, -0.25) is 19.0 Å². The number of fused-ring (bicyclic) bond motifs is 1. The van der Waals surface area contributed by atoms with Gasteiger partial charge in [-0.05, 0) is 35.6 Å². The van der Waals surface area contributed by atoms with Crippen molar-refractivity contribution in [1.29, 1.82) is 0 Å². The van der Waals surface area contributed by atoms with Gasteiger partial charge in [-0.15, -0.1) is 11.3 Å². The summed E-state index contributed by atoms with van der Waals surface area (Å²) in [7, 11) is 0. The molecule has 2 aromatic heterocycles. The fourth-order valence-corrected chi connectivity index (χ4v) is 3.50. The smallest absolute Gasteiger partial charge is 0.262 e. The molecule has 8 heteroatoms. The number of hydrogen-bond acceptors (Lipinski definition) is 5. The predicted molar refractivity (Wildman–Crippen MR) is 115 cm³/mol. The molecule has 3 aromatic rings. The summed E-state index contributed by atoms with van der Waals surface area (Å²) in [6.07, 6.45) is 2.44. The van der Waals surface area contributed by atoms with Crippen molar-refractivity contribution in [3.63, 3.8) is 0 Å². The van der Waals surface area contributed by atoms with Crippen LogP contribution < -0.4 is 16.2 Å². The van der Waals surface area contributed by atoms with Crippen molar-refractivity contribution in [2.24, 2.45) is 5.92 Å². The Balaban J connectivity index is 1.52. The normalized spacial score (nSPS) is 11.9. The van der Waals surface area contributed by atoms with Crippen LogP contribution in [0.3, 0.4) is 0 Å². The molecule has 0 aliphatic heterocycles. The van der Waals surface area contributed by atoms with Gasteiger partial charge < -0.3 is 10.6 Å². The van der Waals surface area contributed by atoms with Crippen LogP contribution in [0.15, 0.2) is 46.8 Å². The molecule has 0 saturated heterocycles. The minimum absolute atomic E-state index is 0.0182. The number of rotatable bonds is 8. The average Bonchev–Trinajstić information content (AvgIpc) is 3.21. The standard InChI is InChI=1S/C21H24N4O3S/c1-3-14(2)19(27)24-16-6-4-5-15(11-16)12-22-18(26)7-9-25-13-23-20-17(21(25)28)8-10-29-20/h4-6,8,10-11,13-14H,3,7,9,12H2,1-2H3,(H,22,26)(H,24,27). The molecule has 2 amide bonds. The molecular weight excluding hydrogens is 388 g/mol. The number of hydrogen-bond donors (Lipinski definition) is 2. The van der Waals surface area contributed by atoms with Crippen LogP contribution in [0, 0.1) is 5.92 Å². The zero-order valence-electron chi connectivity index (χ0n) is 16.5. The third-order valence-corrected chi connectivity index (χ3v) is 5.60. The highest BCUT2D eigenvalue weighted by Crippen LogP contribution is 2.14. The number of amides is 2. The van der Waals surface area contributed by atoms with E-state index < -0.39 is 0 Å². The highest BCUT2D eigenvalue weighted by molar-refractivity contribution is 7.16. The number of aryl methyl sites for hydroxylation is 1. The second-order valence-electron chi connectivity index (χ2n) is 6.91. The van der Waals surface area contributed by atoms with Crippen LogP contribution in [0.5, 0.6) is 0 Å². The fraction of sp³-hybridized carbons (Fsp3) is 0.333. The summed E-state index contributed by atoms with van der Waals surface area (Å²) >= 11 is 1.42. The minimum atomic E-state index is -0.156. The first-order valence-electron chi connectivity index (χ1n) is 9.57. The van der Waals surface area contributed by atoms with E-state index in [1.807, 2.05) is 43.5 Å². The summed E-state index contributed by atoms with van der Waals surface area (Å²) < 4.78 is 1.46. The quantitative estimate of drug-likeness (QED) is 0.594. The highest BCUT2D eigenvalue weighted by atomic mass is 32.1. The molecule has 7 nitrogen and oxygen atoms in total. The van der Waals surface area contributed by atoms with Crippen LogP contribution in [-0.2, 0) is 22.7 Å². The summed E-state index contributed by atoms with van der Waals surface area (Å²) in [4.78, 5) is 41.5. The maximum Gasteiger partial charge on any atom is 0.262 e. The molecule has 1 atom stereocenters. The largest absolute Gasteiger partial charge is 0.352 e. The van der Waals surface area contributed by atoms with Crippen LogP contribution in [0.25, 0.3) is 10.2 Å². The molecule has 0 bridgehead atoms. The van der Waals surface area contributed by atoms with Crippen molar-refractivity contribution >= 4 is 39.1 Å². The zero-order valence-corrected chi connectivity index (χ0v) is 17.3. The maximum absolute atomic E-state index is 12.3. The Bertz CT molecular complexity index is 1070. The van der Waals surface area contributed by atoms with Gasteiger partial charge in [0.05, 0.1) is 11.7 Å². The lowest BCUT2D eigenvalue weighted by molar-refractivity contribution is -0.121. The van der Waals surface area contributed by atoms with E-state index in [0.717, 1.165) is 12.0 Å². The number of nitrogens with one attached hydrogen (secondary N) is 2. The van der Waals surface area contributed by atoms with E-state index in [9.17, 15) is 14.4 Å². The highest BCUT2D eigenvalue weighted by Gasteiger charge is 2.11. The first kappa shape index (κ1) is 20.7. The number of carbonyl (C=O) groups excluding carboxylic acids is 2. The van der Waals surface area contributed by atoms with Crippen molar-refractivity contribution < 1.29 is 9.59 Å². The molecule has 0 saturated carbocycles. The van der Waals surface area contributed by atoms with E-state index in [2.05, 4.69) is 15.6 Å². The van der Waals surface area contributed by atoms with Gasteiger partial charge >= 0.3 is 0 Å². The van der Waals surface area contributed by atoms with E-state index in [0.29, 0.717) is 22.4 Å². The van der Waals surface area contributed by atoms with Crippen molar-refractivity contribution in [3.8, 4) is 0 Å². The topological polar surface area (TPSA) is 93.1 Å². The van der Waals surface area contributed by atoms with Gasteiger partial charge in [0.25, 0.3) is 5.56 Å². The lowest BCUT2D eigenvalue weighted by Crippen LogP contribution is -2.27. The Hall–Kier alpha value is -3.00. The molecule has 0 spiro atoms. The van der Waals surface area contributed by atoms with Crippen molar-refractivity contribution in [3.05, 3.63) is 58.0 Å². The molecule has 1 aromatic carbocycles. The van der Waals surface area contributed by atoms with Crippen molar-refractivity contribution in [1.82, 2.24) is 14.9 Å². The summed E-state index contributed by atoms with van der Waals surface area (Å²) in [5.41, 5.74) is 1.47. The number of aromatic nitrogens is 2. The number of carbonyl (C=O) groups is 2. The summed E-state index contributed by atoms with van der Waals surface area (Å²) in [5.74, 6) is -0.226. The number of anilines is 1. The monoisotopic (exact) mass is 412 g/mol. The number of benzene rings is 1. The molecular formula is C21H24N4O3S. The van der Waals surface area contributed by atoms with Gasteiger partial charge in [0.2, 0.25) is 11.8 Å². The van der Waals surface area contributed by atoms with Crippen molar-refractivity contribution in [2.45, 2.75) is 39.8 Å². The second kappa shape index (κ2) is 9.47. The maximum atomic E-state index is 12.3. The van der Waals surface area contributed by atoms with Crippen LogP contribution >= 0.6 is 11.3 Å². The van der Waals surface area contributed by atoms with E-state index in [1.165, 1.54) is 22.2 Å². The third kappa shape index (κ3) is 5.29.